The predicted molar refractivity (Wildman–Crippen MR) is 113 cm³/mol. The number of nitrogens with two attached hydrogens (primary N) is 1. The van der Waals surface area contributed by atoms with E-state index in [1.165, 1.54) is 11.8 Å². The second-order valence-corrected chi connectivity index (χ2v) is 8.84. The first kappa shape index (κ1) is 19.9. The van der Waals surface area contributed by atoms with Crippen LogP contribution in [-0.2, 0) is 9.59 Å². The van der Waals surface area contributed by atoms with Gasteiger partial charge in [-0.2, -0.15) is 0 Å². The van der Waals surface area contributed by atoms with Crippen LogP contribution in [0.25, 0.3) is 10.9 Å². The van der Waals surface area contributed by atoms with Crippen LogP contribution in [0.2, 0.25) is 0 Å². The molecule has 2 amide bonds. The molecule has 0 bridgehead atoms. The van der Waals surface area contributed by atoms with Gasteiger partial charge in [0.2, 0.25) is 11.8 Å². The van der Waals surface area contributed by atoms with Gasteiger partial charge in [0.25, 0.3) is 5.56 Å². The van der Waals surface area contributed by atoms with E-state index in [-0.39, 0.29) is 35.1 Å². The van der Waals surface area contributed by atoms with Gasteiger partial charge in [0.1, 0.15) is 0 Å². The Hall–Kier alpha value is -2.35. The Morgan fingerprint density at radius 2 is 1.90 bits per heavy atom. The van der Waals surface area contributed by atoms with E-state index in [2.05, 4.69) is 0 Å². The highest BCUT2D eigenvalue weighted by Crippen LogP contribution is 2.32. The van der Waals surface area contributed by atoms with Crippen LogP contribution in [0.4, 0.5) is 0 Å². The van der Waals surface area contributed by atoms with Crippen LogP contribution in [0.3, 0.4) is 0 Å². The molecule has 1 aliphatic heterocycles. The number of likely N-dealkylation sites (tertiary alicyclic amines) is 1. The lowest BCUT2D eigenvalue weighted by Crippen LogP contribution is -2.44. The molecule has 4 rings (SSSR count). The lowest BCUT2D eigenvalue weighted by atomic mass is 9.97. The standard InChI is InChI=1S/C21H26N4O3S/c22-19(27)14-6-5-11-24(12-14)18(26)13-29-21-23-17-10-4-3-9-16(17)20(28)25(21)15-7-1-2-8-15/h3-4,9-10,14-15H,1-2,5-8,11-13H2,(H2,22,27)/t14-/m0/s1. The lowest BCUT2D eigenvalue weighted by molar-refractivity contribution is -0.132. The van der Waals surface area contributed by atoms with Gasteiger partial charge in [-0.3, -0.25) is 19.0 Å². The smallest absolute Gasteiger partial charge is 0.262 e. The highest BCUT2D eigenvalue weighted by Gasteiger charge is 2.28. The van der Waals surface area contributed by atoms with Crippen molar-refractivity contribution in [1.82, 2.24) is 14.5 Å². The summed E-state index contributed by atoms with van der Waals surface area (Å²) in [4.78, 5) is 43.8. The molecule has 1 saturated heterocycles. The van der Waals surface area contributed by atoms with E-state index in [1.807, 2.05) is 24.3 Å². The minimum atomic E-state index is -0.346. The van der Waals surface area contributed by atoms with E-state index in [9.17, 15) is 14.4 Å². The zero-order valence-corrected chi connectivity index (χ0v) is 17.2. The normalized spacial score (nSPS) is 20.3. The molecular weight excluding hydrogens is 388 g/mol. The Morgan fingerprint density at radius 1 is 1.14 bits per heavy atom. The summed E-state index contributed by atoms with van der Waals surface area (Å²) in [6, 6.07) is 7.52. The fourth-order valence-electron chi connectivity index (χ4n) is 4.37. The number of hydrogen-bond donors (Lipinski definition) is 1. The van der Waals surface area contributed by atoms with Crippen molar-refractivity contribution in [2.24, 2.45) is 11.7 Å². The molecule has 1 saturated carbocycles. The van der Waals surface area contributed by atoms with Gasteiger partial charge in [-0.1, -0.05) is 36.7 Å². The number of para-hydroxylation sites is 1. The highest BCUT2D eigenvalue weighted by atomic mass is 32.2. The van der Waals surface area contributed by atoms with E-state index in [4.69, 9.17) is 10.7 Å². The molecule has 0 unspecified atom stereocenters. The first-order valence-electron chi connectivity index (χ1n) is 10.3. The summed E-state index contributed by atoms with van der Waals surface area (Å²) < 4.78 is 1.80. The van der Waals surface area contributed by atoms with Crippen molar-refractivity contribution < 1.29 is 9.59 Å². The van der Waals surface area contributed by atoms with Crippen LogP contribution in [0, 0.1) is 5.92 Å². The van der Waals surface area contributed by atoms with Gasteiger partial charge in [-0.05, 0) is 37.8 Å². The number of rotatable bonds is 5. The third-order valence-electron chi connectivity index (χ3n) is 5.97. The van der Waals surface area contributed by atoms with E-state index in [0.29, 0.717) is 29.1 Å². The van der Waals surface area contributed by atoms with Crippen molar-refractivity contribution in [3.63, 3.8) is 0 Å². The van der Waals surface area contributed by atoms with E-state index in [1.54, 1.807) is 9.47 Å². The van der Waals surface area contributed by atoms with Crippen LogP contribution in [-0.4, -0.2) is 45.1 Å². The molecule has 154 valence electrons. The molecular formula is C21H26N4O3S. The first-order valence-corrected chi connectivity index (χ1v) is 11.2. The van der Waals surface area contributed by atoms with Crippen molar-refractivity contribution in [2.75, 3.05) is 18.8 Å². The minimum absolute atomic E-state index is 0.0239. The Morgan fingerprint density at radius 3 is 2.66 bits per heavy atom. The number of primary amides is 1. The van der Waals surface area contributed by atoms with Crippen LogP contribution in [0.15, 0.2) is 34.2 Å². The molecule has 29 heavy (non-hydrogen) atoms. The summed E-state index contributed by atoms with van der Waals surface area (Å²) in [7, 11) is 0. The lowest BCUT2D eigenvalue weighted by Gasteiger charge is -2.31. The van der Waals surface area contributed by atoms with Crippen molar-refractivity contribution in [2.45, 2.75) is 49.7 Å². The third-order valence-corrected chi connectivity index (χ3v) is 6.90. The van der Waals surface area contributed by atoms with Gasteiger partial charge < -0.3 is 10.6 Å². The number of fused-ring (bicyclic) bond motifs is 1. The molecule has 2 N–H and O–H groups in total. The quantitative estimate of drug-likeness (QED) is 0.598. The number of thioether (sulfide) groups is 1. The summed E-state index contributed by atoms with van der Waals surface area (Å²) in [5.74, 6) is -0.459. The van der Waals surface area contributed by atoms with Gasteiger partial charge in [0.15, 0.2) is 5.16 Å². The Balaban J connectivity index is 1.57. The maximum absolute atomic E-state index is 13.2. The monoisotopic (exact) mass is 414 g/mol. The maximum atomic E-state index is 13.2. The first-order chi connectivity index (χ1) is 14.0. The topological polar surface area (TPSA) is 98.3 Å². The number of nitrogens with zero attached hydrogens (tertiary/aromatic N) is 3. The second kappa shape index (κ2) is 8.57. The Labute approximate surface area is 173 Å². The van der Waals surface area contributed by atoms with Crippen LogP contribution in [0.1, 0.15) is 44.6 Å². The highest BCUT2D eigenvalue weighted by molar-refractivity contribution is 7.99. The van der Waals surface area contributed by atoms with Crippen LogP contribution >= 0.6 is 11.8 Å². The average molecular weight is 415 g/mol. The Bertz CT molecular complexity index is 984. The largest absolute Gasteiger partial charge is 0.369 e. The molecule has 2 fully saturated rings. The van der Waals surface area contributed by atoms with Gasteiger partial charge in [0, 0.05) is 19.1 Å². The van der Waals surface area contributed by atoms with Crippen LogP contribution < -0.4 is 11.3 Å². The Kier molecular flexibility index (Phi) is 5.89. The van der Waals surface area contributed by atoms with Crippen LogP contribution in [0.5, 0.6) is 0 Å². The zero-order valence-electron chi connectivity index (χ0n) is 16.4. The van der Waals surface area contributed by atoms with Crippen molar-refractivity contribution in [3.05, 3.63) is 34.6 Å². The number of benzene rings is 1. The van der Waals surface area contributed by atoms with E-state index >= 15 is 0 Å². The van der Waals surface area contributed by atoms with Gasteiger partial charge in [0.05, 0.1) is 22.6 Å². The fourth-order valence-corrected chi connectivity index (χ4v) is 5.33. The SMILES string of the molecule is NC(=O)[C@H]1CCCN(C(=O)CSc2nc3ccccc3c(=O)n2C2CCCC2)C1. The fraction of sp³-hybridized carbons (Fsp3) is 0.524. The predicted octanol–water partition coefficient (Wildman–Crippen LogP) is 2.33. The molecule has 1 aromatic carbocycles. The molecule has 2 heterocycles. The minimum Gasteiger partial charge on any atom is -0.369 e. The number of carbonyl (C=O) groups excluding carboxylic acids is 2. The summed E-state index contributed by atoms with van der Waals surface area (Å²) >= 11 is 1.32. The van der Waals surface area contributed by atoms with Gasteiger partial charge in [-0.15, -0.1) is 0 Å². The van der Waals surface area contributed by atoms with Gasteiger partial charge >= 0.3 is 0 Å². The zero-order chi connectivity index (χ0) is 20.4. The maximum Gasteiger partial charge on any atom is 0.262 e. The summed E-state index contributed by atoms with van der Waals surface area (Å²) in [6.07, 6.45) is 5.66. The number of hydrogen-bond acceptors (Lipinski definition) is 5. The van der Waals surface area contributed by atoms with Crippen molar-refractivity contribution >= 4 is 34.5 Å². The molecule has 0 spiro atoms. The van der Waals surface area contributed by atoms with E-state index in [0.717, 1.165) is 38.5 Å². The summed E-state index contributed by atoms with van der Waals surface area (Å²) in [5.41, 5.74) is 6.06. The molecule has 7 nitrogen and oxygen atoms in total. The molecule has 8 heteroatoms. The number of piperidine rings is 1. The molecule has 1 aromatic heterocycles. The van der Waals surface area contributed by atoms with Crippen molar-refractivity contribution in [1.29, 1.82) is 0 Å². The number of amides is 2. The molecule has 1 atom stereocenters. The van der Waals surface area contributed by atoms with E-state index < -0.39 is 0 Å². The summed E-state index contributed by atoms with van der Waals surface area (Å²) in [6.45, 7) is 1.03. The number of carbonyl (C=O) groups is 2. The molecule has 1 aliphatic carbocycles. The van der Waals surface area contributed by atoms with Crippen molar-refractivity contribution in [3.8, 4) is 0 Å². The third kappa shape index (κ3) is 4.17. The molecule has 2 aliphatic rings. The molecule has 0 radical (unpaired) electrons. The second-order valence-electron chi connectivity index (χ2n) is 7.89. The average Bonchev–Trinajstić information content (AvgIpc) is 3.26. The summed E-state index contributed by atoms with van der Waals surface area (Å²) in [5, 5.41) is 1.23. The number of aromatic nitrogens is 2. The molecule has 2 aromatic rings. The van der Waals surface area contributed by atoms with Gasteiger partial charge in [-0.25, -0.2) is 4.98 Å².